The molecular formula is C18H30N2. The molecular weight excluding hydrogens is 244 g/mol. The summed E-state index contributed by atoms with van der Waals surface area (Å²) in [6.07, 6.45) is 4.00. The molecule has 0 spiro atoms. The minimum Gasteiger partial charge on any atom is -0.329 e. The Labute approximate surface area is 124 Å². The Bertz CT molecular complexity index is 453. The van der Waals surface area contributed by atoms with Gasteiger partial charge in [0.2, 0.25) is 0 Å². The lowest BCUT2D eigenvalue weighted by Gasteiger charge is -2.29. The van der Waals surface area contributed by atoms with Crippen molar-refractivity contribution in [2.75, 3.05) is 19.6 Å². The van der Waals surface area contributed by atoms with E-state index in [0.717, 1.165) is 12.5 Å². The van der Waals surface area contributed by atoms with E-state index in [1.54, 1.807) is 0 Å². The highest BCUT2D eigenvalue weighted by Gasteiger charge is 2.28. The average molecular weight is 274 g/mol. The Hall–Kier alpha value is -0.860. The van der Waals surface area contributed by atoms with Crippen LogP contribution in [0.1, 0.15) is 54.5 Å². The summed E-state index contributed by atoms with van der Waals surface area (Å²) in [5.41, 5.74) is 11.7. The van der Waals surface area contributed by atoms with Crippen molar-refractivity contribution in [1.29, 1.82) is 0 Å². The topological polar surface area (TPSA) is 29.3 Å². The molecule has 20 heavy (non-hydrogen) atoms. The van der Waals surface area contributed by atoms with E-state index in [2.05, 4.69) is 44.7 Å². The molecule has 1 heterocycles. The van der Waals surface area contributed by atoms with Crippen LogP contribution in [0.25, 0.3) is 0 Å². The molecule has 0 bridgehead atoms. The Morgan fingerprint density at radius 3 is 2.55 bits per heavy atom. The molecule has 1 saturated heterocycles. The Balaban J connectivity index is 2.19. The lowest BCUT2D eigenvalue weighted by atomic mass is 9.95. The fraction of sp³-hybridized carbons (Fsp3) is 0.667. The molecule has 0 amide bonds. The van der Waals surface area contributed by atoms with Gasteiger partial charge in [0.05, 0.1) is 0 Å². The van der Waals surface area contributed by atoms with E-state index < -0.39 is 0 Å². The van der Waals surface area contributed by atoms with Crippen LogP contribution in [0.2, 0.25) is 0 Å². The van der Waals surface area contributed by atoms with Crippen molar-refractivity contribution in [3.8, 4) is 0 Å². The molecule has 1 aliphatic rings. The second kappa shape index (κ2) is 6.73. The van der Waals surface area contributed by atoms with Crippen LogP contribution in [0.5, 0.6) is 0 Å². The summed E-state index contributed by atoms with van der Waals surface area (Å²) in [6.45, 7) is 12.1. The average Bonchev–Trinajstić information content (AvgIpc) is 2.85. The summed E-state index contributed by atoms with van der Waals surface area (Å²) in [5, 5.41) is 0. The van der Waals surface area contributed by atoms with Gasteiger partial charge < -0.3 is 5.73 Å². The molecule has 2 rings (SSSR count). The first-order valence-corrected chi connectivity index (χ1v) is 8.08. The summed E-state index contributed by atoms with van der Waals surface area (Å²) in [5.74, 6) is 0.876. The number of hydrogen-bond donors (Lipinski definition) is 1. The third-order valence-corrected chi connectivity index (χ3v) is 4.92. The molecule has 2 nitrogen and oxygen atoms in total. The summed E-state index contributed by atoms with van der Waals surface area (Å²) in [7, 11) is 0. The highest BCUT2D eigenvalue weighted by Crippen LogP contribution is 2.31. The van der Waals surface area contributed by atoms with Crippen molar-refractivity contribution in [3.63, 3.8) is 0 Å². The third kappa shape index (κ3) is 3.24. The fourth-order valence-electron chi connectivity index (χ4n) is 3.60. The van der Waals surface area contributed by atoms with Gasteiger partial charge >= 0.3 is 0 Å². The normalized spacial score (nSPS) is 21.4. The molecule has 0 radical (unpaired) electrons. The third-order valence-electron chi connectivity index (χ3n) is 4.92. The molecule has 0 aliphatic carbocycles. The first kappa shape index (κ1) is 15.5. The monoisotopic (exact) mass is 274 g/mol. The van der Waals surface area contributed by atoms with E-state index in [-0.39, 0.29) is 0 Å². The maximum Gasteiger partial charge on any atom is 0.0473 e. The standard InChI is InChI=1S/C18H30N2/c1-5-6-16-7-8-20(12-16)18(11-19)17-10-14(3)13(2)9-15(17)4/h9-10,16,18H,5-8,11-12,19H2,1-4H3. The van der Waals surface area contributed by atoms with Gasteiger partial charge in [0.1, 0.15) is 0 Å². The van der Waals surface area contributed by atoms with Gasteiger partial charge in [-0.3, -0.25) is 4.90 Å². The van der Waals surface area contributed by atoms with E-state index in [4.69, 9.17) is 5.73 Å². The molecule has 1 aromatic rings. The van der Waals surface area contributed by atoms with Crippen LogP contribution in [0.15, 0.2) is 12.1 Å². The van der Waals surface area contributed by atoms with Gasteiger partial charge in [0.15, 0.2) is 0 Å². The van der Waals surface area contributed by atoms with Gasteiger partial charge in [0.25, 0.3) is 0 Å². The molecule has 112 valence electrons. The van der Waals surface area contributed by atoms with Crippen LogP contribution in [-0.4, -0.2) is 24.5 Å². The minimum absolute atomic E-state index is 0.399. The van der Waals surface area contributed by atoms with Crippen molar-refractivity contribution < 1.29 is 0 Å². The first-order valence-electron chi connectivity index (χ1n) is 8.08. The minimum atomic E-state index is 0.399. The SMILES string of the molecule is CCCC1CCN(C(CN)c2cc(C)c(C)cc2C)C1. The quantitative estimate of drug-likeness (QED) is 0.886. The number of benzene rings is 1. The van der Waals surface area contributed by atoms with Crippen LogP contribution in [-0.2, 0) is 0 Å². The fourth-order valence-corrected chi connectivity index (χ4v) is 3.60. The Morgan fingerprint density at radius 1 is 1.20 bits per heavy atom. The van der Waals surface area contributed by atoms with E-state index >= 15 is 0 Å². The maximum atomic E-state index is 6.12. The molecule has 1 aliphatic heterocycles. The predicted octanol–water partition coefficient (Wildman–Crippen LogP) is 3.73. The summed E-state index contributed by atoms with van der Waals surface area (Å²) < 4.78 is 0. The number of aryl methyl sites for hydroxylation is 3. The van der Waals surface area contributed by atoms with Gasteiger partial charge in [-0.15, -0.1) is 0 Å². The summed E-state index contributed by atoms with van der Waals surface area (Å²) in [4.78, 5) is 2.61. The highest BCUT2D eigenvalue weighted by molar-refractivity contribution is 5.38. The maximum absolute atomic E-state index is 6.12. The van der Waals surface area contributed by atoms with Gasteiger partial charge in [0, 0.05) is 19.1 Å². The van der Waals surface area contributed by atoms with Crippen LogP contribution in [0, 0.1) is 26.7 Å². The number of hydrogen-bond acceptors (Lipinski definition) is 2. The lowest BCUT2D eigenvalue weighted by molar-refractivity contribution is 0.239. The van der Waals surface area contributed by atoms with Gasteiger partial charge in [-0.05, 0) is 68.3 Å². The largest absolute Gasteiger partial charge is 0.329 e. The predicted molar refractivity (Wildman–Crippen MR) is 87.0 cm³/mol. The lowest BCUT2D eigenvalue weighted by Crippen LogP contribution is -2.32. The molecule has 1 fully saturated rings. The van der Waals surface area contributed by atoms with Crippen LogP contribution in [0.3, 0.4) is 0 Å². The summed E-state index contributed by atoms with van der Waals surface area (Å²) >= 11 is 0. The van der Waals surface area contributed by atoms with E-state index in [0.29, 0.717) is 6.04 Å². The first-order chi connectivity index (χ1) is 9.56. The zero-order chi connectivity index (χ0) is 14.7. The Morgan fingerprint density at radius 2 is 1.90 bits per heavy atom. The zero-order valence-electron chi connectivity index (χ0n) is 13.6. The second-order valence-corrected chi connectivity index (χ2v) is 6.48. The number of likely N-dealkylation sites (tertiary alicyclic amines) is 1. The van der Waals surface area contributed by atoms with Crippen molar-refractivity contribution in [2.45, 2.75) is 53.0 Å². The second-order valence-electron chi connectivity index (χ2n) is 6.48. The van der Waals surface area contributed by atoms with E-state index in [1.807, 2.05) is 0 Å². The molecule has 0 aromatic heterocycles. The molecule has 0 saturated carbocycles. The molecule has 1 aromatic carbocycles. The van der Waals surface area contributed by atoms with Gasteiger partial charge in [-0.1, -0.05) is 25.5 Å². The van der Waals surface area contributed by atoms with E-state index in [9.17, 15) is 0 Å². The smallest absolute Gasteiger partial charge is 0.0473 e. The molecule has 2 atom stereocenters. The Kier molecular flexibility index (Phi) is 5.22. The summed E-state index contributed by atoms with van der Waals surface area (Å²) in [6, 6.07) is 5.07. The van der Waals surface area contributed by atoms with Crippen LogP contribution >= 0.6 is 0 Å². The molecule has 2 N–H and O–H groups in total. The molecule has 2 heteroatoms. The van der Waals surface area contributed by atoms with Crippen molar-refractivity contribution >= 4 is 0 Å². The number of nitrogens with two attached hydrogens (primary N) is 1. The number of rotatable bonds is 5. The highest BCUT2D eigenvalue weighted by atomic mass is 15.2. The van der Waals surface area contributed by atoms with Gasteiger partial charge in [-0.2, -0.15) is 0 Å². The van der Waals surface area contributed by atoms with Gasteiger partial charge in [-0.25, -0.2) is 0 Å². The molecule has 2 unspecified atom stereocenters. The van der Waals surface area contributed by atoms with Crippen LogP contribution < -0.4 is 5.73 Å². The van der Waals surface area contributed by atoms with Crippen molar-refractivity contribution in [3.05, 3.63) is 34.4 Å². The van der Waals surface area contributed by atoms with Crippen LogP contribution in [0.4, 0.5) is 0 Å². The van der Waals surface area contributed by atoms with E-state index in [1.165, 1.54) is 54.6 Å². The van der Waals surface area contributed by atoms with Crippen molar-refractivity contribution in [2.24, 2.45) is 11.7 Å². The number of nitrogens with zero attached hydrogens (tertiary/aromatic N) is 1. The zero-order valence-corrected chi connectivity index (χ0v) is 13.6. The van der Waals surface area contributed by atoms with Crippen molar-refractivity contribution in [1.82, 2.24) is 4.90 Å².